The predicted molar refractivity (Wildman–Crippen MR) is 59.8 cm³/mol. The first-order valence-electron chi connectivity index (χ1n) is 5.67. The van der Waals surface area contributed by atoms with Crippen molar-refractivity contribution in [2.75, 3.05) is 27.2 Å². The highest BCUT2D eigenvalue weighted by Crippen LogP contribution is 2.22. The molecular weight excluding hydrogens is 192 g/mol. The summed E-state index contributed by atoms with van der Waals surface area (Å²) in [5.74, 6) is 0.744. The molecule has 1 N–H and O–H groups in total. The predicted octanol–water partition coefficient (Wildman–Crippen LogP) is 1.46. The van der Waals surface area contributed by atoms with E-state index in [0.717, 1.165) is 31.8 Å². The third kappa shape index (κ3) is 3.70. The van der Waals surface area contributed by atoms with Crippen LogP contribution in [0.2, 0.25) is 0 Å². The first kappa shape index (κ1) is 12.3. The Morgan fingerprint density at radius 2 is 2.13 bits per heavy atom. The lowest BCUT2D eigenvalue weighted by Crippen LogP contribution is -2.39. The number of likely N-dealkylation sites (tertiary alicyclic amines) is 1. The van der Waals surface area contributed by atoms with Gasteiger partial charge >= 0.3 is 6.09 Å². The summed E-state index contributed by atoms with van der Waals surface area (Å²) in [5.41, 5.74) is 0. The van der Waals surface area contributed by atoms with E-state index >= 15 is 0 Å². The zero-order valence-electron chi connectivity index (χ0n) is 9.95. The monoisotopic (exact) mass is 214 g/mol. The number of amides is 1. The van der Waals surface area contributed by atoms with Crippen LogP contribution in [0.15, 0.2) is 0 Å². The summed E-state index contributed by atoms with van der Waals surface area (Å²) in [7, 11) is 3.44. The van der Waals surface area contributed by atoms with Crippen molar-refractivity contribution in [2.45, 2.75) is 32.2 Å². The van der Waals surface area contributed by atoms with E-state index in [2.05, 4.69) is 12.2 Å². The van der Waals surface area contributed by atoms with Gasteiger partial charge in [-0.25, -0.2) is 4.79 Å². The molecule has 1 atom stereocenters. The van der Waals surface area contributed by atoms with E-state index < -0.39 is 0 Å². The summed E-state index contributed by atoms with van der Waals surface area (Å²) in [5, 5.41) is 3.25. The molecular formula is C11H22N2O2. The lowest BCUT2D eigenvalue weighted by atomic mass is 9.91. The number of carbonyl (C=O) groups is 1. The van der Waals surface area contributed by atoms with E-state index in [-0.39, 0.29) is 6.09 Å². The van der Waals surface area contributed by atoms with E-state index in [1.807, 2.05) is 7.05 Å². The van der Waals surface area contributed by atoms with Crippen molar-refractivity contribution < 1.29 is 9.53 Å². The molecule has 0 radical (unpaired) electrons. The van der Waals surface area contributed by atoms with Crippen molar-refractivity contribution in [3.63, 3.8) is 0 Å². The molecule has 1 rings (SSSR count). The number of hydrogen-bond acceptors (Lipinski definition) is 3. The number of methoxy groups -OCH3 is 1. The number of rotatable bonds is 3. The van der Waals surface area contributed by atoms with E-state index in [4.69, 9.17) is 4.74 Å². The maximum Gasteiger partial charge on any atom is 0.409 e. The molecule has 0 aliphatic carbocycles. The second-order valence-corrected chi connectivity index (χ2v) is 4.33. The Morgan fingerprint density at radius 3 is 2.60 bits per heavy atom. The normalized spacial score (nSPS) is 20.1. The van der Waals surface area contributed by atoms with Crippen molar-refractivity contribution in [1.82, 2.24) is 10.2 Å². The number of hydrogen-bond donors (Lipinski definition) is 1. The molecule has 0 aromatic heterocycles. The van der Waals surface area contributed by atoms with Crippen LogP contribution >= 0.6 is 0 Å². The molecule has 4 nitrogen and oxygen atoms in total. The Balaban J connectivity index is 2.26. The molecule has 1 saturated heterocycles. The molecule has 0 saturated carbocycles. The first-order valence-corrected chi connectivity index (χ1v) is 5.67. The second-order valence-electron chi connectivity index (χ2n) is 4.33. The van der Waals surface area contributed by atoms with Crippen LogP contribution < -0.4 is 5.32 Å². The topological polar surface area (TPSA) is 41.6 Å². The molecule has 1 unspecified atom stereocenters. The van der Waals surface area contributed by atoms with Gasteiger partial charge < -0.3 is 15.0 Å². The standard InChI is InChI=1S/C11H22N2O2/c1-9(12-2)8-10-4-6-13(7-5-10)11(14)15-3/h9-10,12H,4-8H2,1-3H3. The highest BCUT2D eigenvalue weighted by Gasteiger charge is 2.23. The number of nitrogens with one attached hydrogen (secondary N) is 1. The lowest BCUT2D eigenvalue weighted by molar-refractivity contribution is 0.104. The Labute approximate surface area is 92.0 Å². The van der Waals surface area contributed by atoms with E-state index in [1.54, 1.807) is 4.90 Å². The Kier molecular flexibility index (Phi) is 4.88. The van der Waals surface area contributed by atoms with Crippen LogP contribution in [0, 0.1) is 5.92 Å². The van der Waals surface area contributed by atoms with Gasteiger partial charge in [0.2, 0.25) is 0 Å². The highest BCUT2D eigenvalue weighted by molar-refractivity contribution is 5.67. The van der Waals surface area contributed by atoms with E-state index in [9.17, 15) is 4.79 Å². The van der Waals surface area contributed by atoms with Crippen molar-refractivity contribution in [3.8, 4) is 0 Å². The second kappa shape index (κ2) is 5.95. The SMILES string of the molecule is CNC(C)CC1CCN(C(=O)OC)CC1. The number of ether oxygens (including phenoxy) is 1. The van der Waals surface area contributed by atoms with Crippen molar-refractivity contribution in [3.05, 3.63) is 0 Å². The molecule has 88 valence electrons. The molecule has 1 fully saturated rings. The fourth-order valence-corrected chi connectivity index (χ4v) is 2.10. The Bertz CT molecular complexity index is 201. The average Bonchev–Trinajstić information content (AvgIpc) is 2.29. The number of carbonyl (C=O) groups excluding carboxylic acids is 1. The minimum atomic E-state index is -0.185. The van der Waals surface area contributed by atoms with E-state index in [1.165, 1.54) is 13.5 Å². The molecule has 1 aliphatic heterocycles. The van der Waals surface area contributed by atoms with Crippen LogP contribution in [0.25, 0.3) is 0 Å². The fourth-order valence-electron chi connectivity index (χ4n) is 2.10. The molecule has 0 bridgehead atoms. The summed E-state index contributed by atoms with van der Waals surface area (Å²) in [4.78, 5) is 13.0. The molecule has 0 aromatic rings. The van der Waals surface area contributed by atoms with Crippen molar-refractivity contribution >= 4 is 6.09 Å². The minimum absolute atomic E-state index is 0.185. The number of nitrogens with zero attached hydrogens (tertiary/aromatic N) is 1. The van der Waals surface area contributed by atoms with Gasteiger partial charge in [0.25, 0.3) is 0 Å². The van der Waals surface area contributed by atoms with Gasteiger partial charge in [0.15, 0.2) is 0 Å². The first-order chi connectivity index (χ1) is 7.17. The smallest absolute Gasteiger partial charge is 0.409 e. The molecule has 15 heavy (non-hydrogen) atoms. The van der Waals surface area contributed by atoms with Gasteiger partial charge in [0, 0.05) is 19.1 Å². The lowest BCUT2D eigenvalue weighted by Gasteiger charge is -2.32. The largest absolute Gasteiger partial charge is 0.453 e. The number of piperidine rings is 1. The molecule has 1 heterocycles. The molecule has 1 aliphatic rings. The maximum atomic E-state index is 11.2. The van der Waals surface area contributed by atoms with Gasteiger partial charge in [-0.3, -0.25) is 0 Å². The molecule has 0 aromatic carbocycles. The van der Waals surface area contributed by atoms with Crippen molar-refractivity contribution in [1.29, 1.82) is 0 Å². The van der Waals surface area contributed by atoms with E-state index in [0.29, 0.717) is 6.04 Å². The molecule has 4 heteroatoms. The zero-order chi connectivity index (χ0) is 11.3. The summed E-state index contributed by atoms with van der Waals surface area (Å²) in [6, 6.07) is 0.569. The van der Waals surface area contributed by atoms with Crippen LogP contribution in [0.4, 0.5) is 4.79 Å². The molecule has 1 amide bonds. The fraction of sp³-hybridized carbons (Fsp3) is 0.909. The zero-order valence-corrected chi connectivity index (χ0v) is 9.95. The third-order valence-corrected chi connectivity index (χ3v) is 3.23. The van der Waals surface area contributed by atoms with Crippen LogP contribution in [0.5, 0.6) is 0 Å². The van der Waals surface area contributed by atoms with Gasteiger partial charge in [-0.05, 0) is 39.2 Å². The Hall–Kier alpha value is -0.770. The Morgan fingerprint density at radius 1 is 1.53 bits per heavy atom. The van der Waals surface area contributed by atoms with Gasteiger partial charge in [0.05, 0.1) is 7.11 Å². The van der Waals surface area contributed by atoms with Crippen molar-refractivity contribution in [2.24, 2.45) is 5.92 Å². The van der Waals surface area contributed by atoms with Crippen LogP contribution in [-0.2, 0) is 4.74 Å². The van der Waals surface area contributed by atoms with Gasteiger partial charge in [0.1, 0.15) is 0 Å². The van der Waals surface area contributed by atoms with Gasteiger partial charge in [-0.15, -0.1) is 0 Å². The summed E-state index contributed by atoms with van der Waals surface area (Å²) >= 11 is 0. The maximum absolute atomic E-state index is 11.2. The van der Waals surface area contributed by atoms with Crippen LogP contribution in [-0.4, -0.2) is 44.3 Å². The minimum Gasteiger partial charge on any atom is -0.453 e. The third-order valence-electron chi connectivity index (χ3n) is 3.23. The highest BCUT2D eigenvalue weighted by atomic mass is 16.5. The average molecular weight is 214 g/mol. The quantitative estimate of drug-likeness (QED) is 0.773. The molecule has 0 spiro atoms. The van der Waals surface area contributed by atoms with Gasteiger partial charge in [-0.2, -0.15) is 0 Å². The summed E-state index contributed by atoms with van der Waals surface area (Å²) < 4.78 is 4.70. The van der Waals surface area contributed by atoms with Crippen LogP contribution in [0.3, 0.4) is 0 Å². The summed E-state index contributed by atoms with van der Waals surface area (Å²) in [6.07, 6.45) is 3.21. The van der Waals surface area contributed by atoms with Crippen LogP contribution in [0.1, 0.15) is 26.2 Å². The summed E-state index contributed by atoms with van der Waals surface area (Å²) in [6.45, 7) is 3.88. The van der Waals surface area contributed by atoms with Gasteiger partial charge in [-0.1, -0.05) is 0 Å².